The lowest BCUT2D eigenvalue weighted by Crippen LogP contribution is -2.13. The zero-order valence-corrected chi connectivity index (χ0v) is 9.11. The van der Waals surface area contributed by atoms with Crippen LogP contribution in [0.25, 0.3) is 10.3 Å². The summed E-state index contributed by atoms with van der Waals surface area (Å²) in [5.74, 6) is -0.753. The van der Waals surface area contributed by atoms with Gasteiger partial charge in [-0.1, -0.05) is 17.4 Å². The zero-order valence-electron chi connectivity index (χ0n) is 8.30. The van der Waals surface area contributed by atoms with Crippen LogP contribution in [0, 0.1) is 0 Å². The van der Waals surface area contributed by atoms with Crippen molar-refractivity contribution in [3.8, 4) is 0 Å². The molecule has 2 rings (SSSR count). The molecular formula is C10H8O5S. The smallest absolute Gasteiger partial charge is 0.396 e. The van der Waals surface area contributed by atoms with Crippen molar-refractivity contribution in [3.63, 3.8) is 0 Å². The molecule has 1 aromatic carbocycles. The molecule has 0 aliphatic heterocycles. The van der Waals surface area contributed by atoms with Gasteiger partial charge in [-0.05, 0) is 17.7 Å². The quantitative estimate of drug-likeness (QED) is 0.794. The van der Waals surface area contributed by atoms with Crippen molar-refractivity contribution in [3.05, 3.63) is 33.5 Å². The molecule has 2 aromatic rings. The molecule has 6 heteroatoms. The average Bonchev–Trinajstić information content (AvgIpc) is 2.65. The number of hydrogen-bond donors (Lipinski definition) is 1. The minimum absolute atomic E-state index is 0.334. The Hall–Kier alpha value is -1.66. The number of fused-ring (bicyclic) bond motifs is 1. The van der Waals surface area contributed by atoms with E-state index in [1.54, 1.807) is 12.1 Å². The number of ether oxygens (including phenoxy) is 1. The molecule has 5 nitrogen and oxygen atoms in total. The molecule has 1 heterocycles. The first-order valence-corrected chi connectivity index (χ1v) is 5.23. The van der Waals surface area contributed by atoms with Gasteiger partial charge in [0.15, 0.2) is 6.10 Å². The lowest BCUT2D eigenvalue weighted by Gasteiger charge is -2.07. The maximum Gasteiger partial charge on any atom is 0.396 e. The van der Waals surface area contributed by atoms with Gasteiger partial charge in [-0.15, -0.1) is 0 Å². The number of hydrogen-bond acceptors (Lipinski definition) is 6. The van der Waals surface area contributed by atoms with Crippen molar-refractivity contribution in [1.29, 1.82) is 0 Å². The minimum atomic E-state index is -1.36. The molecule has 1 N–H and O–H groups in total. The highest BCUT2D eigenvalue weighted by molar-refractivity contribution is 7.16. The van der Waals surface area contributed by atoms with Crippen LogP contribution >= 0.6 is 11.3 Å². The monoisotopic (exact) mass is 240 g/mol. The molecule has 16 heavy (non-hydrogen) atoms. The van der Waals surface area contributed by atoms with E-state index in [4.69, 9.17) is 4.42 Å². The Balaban J connectivity index is 2.46. The van der Waals surface area contributed by atoms with Gasteiger partial charge in [-0.2, -0.15) is 0 Å². The molecule has 1 aromatic heterocycles. The maximum atomic E-state index is 11.1. The van der Waals surface area contributed by atoms with Crippen LogP contribution in [0.15, 0.2) is 27.4 Å². The molecule has 1 unspecified atom stereocenters. The third-order valence-corrected chi connectivity index (χ3v) is 2.90. The second kappa shape index (κ2) is 4.07. The Morgan fingerprint density at radius 3 is 3.00 bits per heavy atom. The summed E-state index contributed by atoms with van der Waals surface area (Å²) in [5.41, 5.74) is 0.691. The Labute approximate surface area is 93.9 Å². The fourth-order valence-corrected chi connectivity index (χ4v) is 1.96. The number of esters is 1. The molecule has 84 valence electrons. The third kappa shape index (κ3) is 1.84. The number of benzene rings is 1. The molecule has 0 amide bonds. The van der Waals surface area contributed by atoms with Crippen molar-refractivity contribution in [2.45, 2.75) is 6.10 Å². The first kappa shape index (κ1) is 10.8. The van der Waals surface area contributed by atoms with E-state index in [2.05, 4.69) is 4.74 Å². The van der Waals surface area contributed by atoms with Gasteiger partial charge >= 0.3 is 10.9 Å². The van der Waals surface area contributed by atoms with Gasteiger partial charge in [0, 0.05) is 0 Å². The van der Waals surface area contributed by atoms with E-state index in [1.165, 1.54) is 13.2 Å². The van der Waals surface area contributed by atoms with Crippen LogP contribution in [0.4, 0.5) is 0 Å². The second-order valence-corrected chi connectivity index (χ2v) is 4.06. The minimum Gasteiger partial charge on any atom is -0.467 e. The summed E-state index contributed by atoms with van der Waals surface area (Å²) in [6.07, 6.45) is -1.36. The number of aliphatic hydroxyl groups is 1. The maximum absolute atomic E-state index is 11.1. The molecule has 0 radical (unpaired) electrons. The molecule has 0 aliphatic rings. The van der Waals surface area contributed by atoms with Crippen LogP contribution in [0.1, 0.15) is 11.7 Å². The molecule has 1 atom stereocenters. The molecule has 0 saturated carbocycles. The van der Waals surface area contributed by atoms with Gasteiger partial charge in [0.05, 0.1) is 11.8 Å². The van der Waals surface area contributed by atoms with Gasteiger partial charge < -0.3 is 14.3 Å². The molecule has 0 bridgehead atoms. The Morgan fingerprint density at radius 1 is 1.56 bits per heavy atom. The van der Waals surface area contributed by atoms with E-state index >= 15 is 0 Å². The summed E-state index contributed by atoms with van der Waals surface area (Å²) < 4.78 is 9.95. The van der Waals surface area contributed by atoms with Crippen LogP contribution < -0.4 is 4.94 Å². The normalized spacial score (nSPS) is 12.6. The van der Waals surface area contributed by atoms with Gasteiger partial charge in [0.1, 0.15) is 5.58 Å². The van der Waals surface area contributed by atoms with Crippen molar-refractivity contribution in [2.75, 3.05) is 7.11 Å². The van der Waals surface area contributed by atoms with E-state index in [-0.39, 0.29) is 0 Å². The predicted octanol–water partition coefficient (Wildman–Crippen LogP) is 1.06. The largest absolute Gasteiger partial charge is 0.467 e. The number of methoxy groups -OCH3 is 1. The summed E-state index contributed by atoms with van der Waals surface area (Å²) in [5, 5.41) is 9.56. The molecule has 0 saturated heterocycles. The standard InChI is InChI=1S/C10H8O5S/c1-14-9(12)8(11)5-2-3-7-6(4-5)15-10(13)16-7/h2-4,8,11H,1H3. The van der Waals surface area contributed by atoms with Crippen LogP contribution in [0.2, 0.25) is 0 Å². The average molecular weight is 240 g/mol. The molecule has 0 spiro atoms. The van der Waals surface area contributed by atoms with Crippen molar-refractivity contribution >= 4 is 27.6 Å². The third-order valence-electron chi connectivity index (χ3n) is 2.09. The fourth-order valence-electron chi connectivity index (χ4n) is 1.31. The van der Waals surface area contributed by atoms with Crippen LogP contribution in [0.3, 0.4) is 0 Å². The van der Waals surface area contributed by atoms with Gasteiger partial charge in [-0.25, -0.2) is 9.59 Å². The Bertz CT molecular complexity index is 582. The van der Waals surface area contributed by atoms with E-state index in [0.717, 1.165) is 11.3 Å². The topological polar surface area (TPSA) is 76.7 Å². The van der Waals surface area contributed by atoms with Crippen LogP contribution in [-0.4, -0.2) is 18.2 Å². The predicted molar refractivity (Wildman–Crippen MR) is 57.3 cm³/mol. The lowest BCUT2D eigenvalue weighted by molar-refractivity contribution is -0.150. The fraction of sp³-hybridized carbons (Fsp3) is 0.200. The summed E-state index contributed by atoms with van der Waals surface area (Å²) in [6, 6.07) is 4.62. The van der Waals surface area contributed by atoms with Gasteiger partial charge in [0.25, 0.3) is 0 Å². The zero-order chi connectivity index (χ0) is 11.7. The molecular weight excluding hydrogens is 232 g/mol. The van der Waals surface area contributed by atoms with Crippen molar-refractivity contribution in [1.82, 2.24) is 0 Å². The number of rotatable bonds is 2. The van der Waals surface area contributed by atoms with E-state index in [0.29, 0.717) is 15.8 Å². The highest BCUT2D eigenvalue weighted by Gasteiger charge is 2.18. The van der Waals surface area contributed by atoms with E-state index in [9.17, 15) is 14.7 Å². The Morgan fingerprint density at radius 2 is 2.31 bits per heavy atom. The SMILES string of the molecule is COC(=O)C(O)c1ccc2sc(=O)oc2c1. The summed E-state index contributed by atoms with van der Waals surface area (Å²) in [6.45, 7) is 0. The summed E-state index contributed by atoms with van der Waals surface area (Å²) >= 11 is 0.967. The van der Waals surface area contributed by atoms with Gasteiger partial charge in [0.2, 0.25) is 0 Å². The Kier molecular flexibility index (Phi) is 2.76. The number of aliphatic hydroxyl groups excluding tert-OH is 1. The lowest BCUT2D eigenvalue weighted by atomic mass is 10.1. The van der Waals surface area contributed by atoms with E-state index < -0.39 is 17.0 Å². The summed E-state index contributed by atoms with van der Waals surface area (Å²) in [7, 11) is 1.19. The molecule has 0 aliphatic carbocycles. The van der Waals surface area contributed by atoms with E-state index in [1.807, 2.05) is 0 Å². The van der Waals surface area contributed by atoms with Crippen molar-refractivity contribution in [2.24, 2.45) is 0 Å². The number of carbonyl (C=O) groups excluding carboxylic acids is 1. The van der Waals surface area contributed by atoms with Crippen LogP contribution in [0.5, 0.6) is 0 Å². The first-order valence-electron chi connectivity index (χ1n) is 4.41. The number of carbonyl (C=O) groups is 1. The van der Waals surface area contributed by atoms with Gasteiger partial charge in [-0.3, -0.25) is 0 Å². The first-order chi connectivity index (χ1) is 7.61. The highest BCUT2D eigenvalue weighted by Crippen LogP contribution is 2.22. The summed E-state index contributed by atoms with van der Waals surface area (Å²) in [4.78, 5) is 21.6. The highest BCUT2D eigenvalue weighted by atomic mass is 32.1. The molecule has 0 fully saturated rings. The van der Waals surface area contributed by atoms with Crippen LogP contribution in [-0.2, 0) is 9.53 Å². The van der Waals surface area contributed by atoms with Crippen molar-refractivity contribution < 1.29 is 19.1 Å². The second-order valence-electron chi connectivity index (χ2n) is 3.09.